The Kier molecular flexibility index (Phi) is 2.17. The molecule has 0 bridgehead atoms. The normalized spacial score (nSPS) is 10.4. The fourth-order valence-corrected chi connectivity index (χ4v) is 1.73. The van der Waals surface area contributed by atoms with Crippen molar-refractivity contribution in [2.75, 3.05) is 5.73 Å². The van der Waals surface area contributed by atoms with Gasteiger partial charge in [-0.05, 0) is 18.2 Å². The predicted octanol–water partition coefficient (Wildman–Crippen LogP) is 1.47. The zero-order chi connectivity index (χ0) is 12.5. The van der Waals surface area contributed by atoms with Crippen LogP contribution in [-0.4, -0.2) is 19.9 Å². The predicted molar refractivity (Wildman–Crippen MR) is 66.2 cm³/mol. The minimum Gasteiger partial charge on any atom is -0.384 e. The Morgan fingerprint density at radius 3 is 2.94 bits per heavy atom. The molecule has 0 aliphatic carbocycles. The van der Waals surface area contributed by atoms with Gasteiger partial charge in [0.25, 0.3) is 0 Å². The number of benzene rings is 1. The second kappa shape index (κ2) is 3.82. The summed E-state index contributed by atoms with van der Waals surface area (Å²) in [5.74, 6) is 0.712. The molecular weight excluding hydrogens is 228 g/mol. The third kappa shape index (κ3) is 1.64. The first-order valence-electron chi connectivity index (χ1n) is 5.24. The number of aromatic amines is 1. The Balaban J connectivity index is 2.19. The van der Waals surface area contributed by atoms with Crippen molar-refractivity contribution >= 4 is 16.9 Å². The third-order valence-electron chi connectivity index (χ3n) is 2.54. The summed E-state index contributed by atoms with van der Waals surface area (Å²) in [5, 5.41) is 8.86. The number of nitriles is 1. The molecule has 0 aliphatic heterocycles. The van der Waals surface area contributed by atoms with Crippen molar-refractivity contribution in [3.8, 4) is 17.5 Å². The van der Waals surface area contributed by atoms with Crippen LogP contribution in [0.25, 0.3) is 22.4 Å². The summed E-state index contributed by atoms with van der Waals surface area (Å²) < 4.78 is 0. The van der Waals surface area contributed by atoms with Gasteiger partial charge in [0.2, 0.25) is 0 Å². The van der Waals surface area contributed by atoms with Gasteiger partial charge in [0.1, 0.15) is 17.6 Å². The van der Waals surface area contributed by atoms with Gasteiger partial charge in [-0.25, -0.2) is 15.0 Å². The minimum atomic E-state index is 0.252. The highest BCUT2D eigenvalue weighted by Gasteiger charge is 2.06. The van der Waals surface area contributed by atoms with Crippen molar-refractivity contribution < 1.29 is 0 Å². The van der Waals surface area contributed by atoms with E-state index in [4.69, 9.17) is 11.0 Å². The van der Waals surface area contributed by atoms with Crippen LogP contribution in [0.15, 0.2) is 30.6 Å². The van der Waals surface area contributed by atoms with Crippen LogP contribution < -0.4 is 5.73 Å². The molecule has 0 radical (unpaired) electrons. The van der Waals surface area contributed by atoms with Crippen LogP contribution in [0.2, 0.25) is 0 Å². The standard InChI is InChI=1S/C12H8N6/c13-5-8-4-11(14)18-12(17-8)7-1-2-9-10(3-7)16-6-15-9/h1-4,6H,(H,15,16)(H2,14,17,18). The van der Waals surface area contributed by atoms with Crippen LogP contribution in [-0.2, 0) is 0 Å². The fraction of sp³-hybridized carbons (Fsp3) is 0. The number of anilines is 1. The van der Waals surface area contributed by atoms with Crippen molar-refractivity contribution in [3.05, 3.63) is 36.3 Å². The van der Waals surface area contributed by atoms with Gasteiger partial charge in [-0.2, -0.15) is 5.26 Å². The zero-order valence-corrected chi connectivity index (χ0v) is 9.25. The monoisotopic (exact) mass is 236 g/mol. The fourth-order valence-electron chi connectivity index (χ4n) is 1.73. The Labute approximate surface area is 102 Å². The van der Waals surface area contributed by atoms with Crippen LogP contribution in [0.3, 0.4) is 0 Å². The maximum absolute atomic E-state index is 8.86. The minimum absolute atomic E-state index is 0.252. The lowest BCUT2D eigenvalue weighted by Crippen LogP contribution is -1.98. The molecule has 0 saturated carbocycles. The van der Waals surface area contributed by atoms with Gasteiger partial charge in [0.15, 0.2) is 5.82 Å². The Morgan fingerprint density at radius 1 is 1.22 bits per heavy atom. The average molecular weight is 236 g/mol. The molecule has 86 valence electrons. The van der Waals surface area contributed by atoms with Crippen molar-refractivity contribution in [1.29, 1.82) is 5.26 Å². The first-order chi connectivity index (χ1) is 8.76. The van der Waals surface area contributed by atoms with Crippen molar-refractivity contribution in [1.82, 2.24) is 19.9 Å². The molecule has 2 aromatic heterocycles. The third-order valence-corrected chi connectivity index (χ3v) is 2.54. The van der Waals surface area contributed by atoms with Crippen molar-refractivity contribution in [2.24, 2.45) is 0 Å². The van der Waals surface area contributed by atoms with E-state index in [1.807, 2.05) is 24.3 Å². The molecule has 0 amide bonds. The molecule has 1 aromatic carbocycles. The molecule has 0 atom stereocenters. The molecule has 3 aromatic rings. The molecule has 18 heavy (non-hydrogen) atoms. The van der Waals surface area contributed by atoms with Gasteiger partial charge in [-0.15, -0.1) is 0 Å². The number of H-pyrrole nitrogens is 1. The van der Waals surface area contributed by atoms with E-state index in [2.05, 4.69) is 19.9 Å². The van der Waals surface area contributed by atoms with E-state index in [-0.39, 0.29) is 11.5 Å². The SMILES string of the molecule is N#Cc1cc(N)nc(-c2ccc3nc[nH]c3c2)n1. The molecule has 3 N–H and O–H groups in total. The van der Waals surface area contributed by atoms with E-state index in [0.29, 0.717) is 5.82 Å². The second-order valence-electron chi connectivity index (χ2n) is 3.75. The van der Waals surface area contributed by atoms with E-state index in [9.17, 15) is 0 Å². The number of rotatable bonds is 1. The number of nitrogens with zero attached hydrogens (tertiary/aromatic N) is 4. The number of nitrogens with one attached hydrogen (secondary N) is 1. The summed E-state index contributed by atoms with van der Waals surface area (Å²) in [6.07, 6.45) is 1.62. The van der Waals surface area contributed by atoms with Gasteiger partial charge >= 0.3 is 0 Å². The molecule has 6 nitrogen and oxygen atoms in total. The maximum atomic E-state index is 8.86. The summed E-state index contributed by atoms with van der Waals surface area (Å²) in [4.78, 5) is 15.4. The Morgan fingerprint density at radius 2 is 2.11 bits per heavy atom. The van der Waals surface area contributed by atoms with E-state index in [1.54, 1.807) is 6.33 Å². The lowest BCUT2D eigenvalue weighted by Gasteiger charge is -2.02. The molecule has 0 aliphatic rings. The van der Waals surface area contributed by atoms with Crippen molar-refractivity contribution in [2.45, 2.75) is 0 Å². The summed E-state index contributed by atoms with van der Waals surface area (Å²) in [7, 11) is 0. The highest BCUT2D eigenvalue weighted by molar-refractivity contribution is 5.80. The molecule has 0 saturated heterocycles. The topological polar surface area (TPSA) is 104 Å². The van der Waals surface area contributed by atoms with Gasteiger partial charge < -0.3 is 10.7 Å². The summed E-state index contributed by atoms with van der Waals surface area (Å²) in [6, 6.07) is 8.98. The number of fused-ring (bicyclic) bond motifs is 1. The quantitative estimate of drug-likeness (QED) is 0.665. The number of nitrogens with two attached hydrogens (primary N) is 1. The zero-order valence-electron chi connectivity index (χ0n) is 9.25. The largest absolute Gasteiger partial charge is 0.384 e. The molecule has 0 fully saturated rings. The van der Waals surface area contributed by atoms with Crippen LogP contribution in [0.4, 0.5) is 5.82 Å². The molecule has 2 heterocycles. The Hall–Kier alpha value is -2.94. The summed E-state index contributed by atoms with van der Waals surface area (Å²) in [6.45, 7) is 0. The molecule has 6 heteroatoms. The Bertz CT molecular complexity index is 768. The van der Waals surface area contributed by atoms with Gasteiger partial charge in [0.05, 0.1) is 17.4 Å². The first kappa shape index (κ1) is 10.2. The van der Waals surface area contributed by atoms with E-state index in [1.165, 1.54) is 6.07 Å². The number of nitrogen functional groups attached to an aromatic ring is 1. The maximum Gasteiger partial charge on any atom is 0.163 e. The van der Waals surface area contributed by atoms with Crippen LogP contribution in [0, 0.1) is 11.3 Å². The summed E-state index contributed by atoms with van der Waals surface area (Å²) >= 11 is 0. The van der Waals surface area contributed by atoms with Crippen molar-refractivity contribution in [3.63, 3.8) is 0 Å². The summed E-state index contributed by atoms with van der Waals surface area (Å²) in [5.41, 5.74) is 8.43. The molecule has 0 spiro atoms. The smallest absolute Gasteiger partial charge is 0.163 e. The number of imidazole rings is 1. The number of hydrogen-bond acceptors (Lipinski definition) is 5. The molecule has 0 unspecified atom stereocenters. The lowest BCUT2D eigenvalue weighted by atomic mass is 10.2. The van der Waals surface area contributed by atoms with E-state index < -0.39 is 0 Å². The van der Waals surface area contributed by atoms with E-state index >= 15 is 0 Å². The molecule has 3 rings (SSSR count). The van der Waals surface area contributed by atoms with E-state index in [0.717, 1.165) is 16.6 Å². The number of aromatic nitrogens is 4. The average Bonchev–Trinajstić information content (AvgIpc) is 2.85. The van der Waals surface area contributed by atoms with Crippen LogP contribution >= 0.6 is 0 Å². The lowest BCUT2D eigenvalue weighted by molar-refractivity contribution is 1.16. The highest BCUT2D eigenvalue weighted by Crippen LogP contribution is 2.20. The second-order valence-corrected chi connectivity index (χ2v) is 3.75. The van der Waals surface area contributed by atoms with Gasteiger partial charge in [-0.1, -0.05) is 0 Å². The first-order valence-corrected chi connectivity index (χ1v) is 5.24. The molecular formula is C12H8N6. The van der Waals surface area contributed by atoms with Gasteiger partial charge in [-0.3, -0.25) is 0 Å². The van der Waals surface area contributed by atoms with Gasteiger partial charge in [0, 0.05) is 11.6 Å². The highest BCUT2D eigenvalue weighted by atomic mass is 14.9. The van der Waals surface area contributed by atoms with Crippen LogP contribution in [0.5, 0.6) is 0 Å². The van der Waals surface area contributed by atoms with Crippen LogP contribution in [0.1, 0.15) is 5.69 Å². The number of hydrogen-bond donors (Lipinski definition) is 2.